The third-order valence-corrected chi connectivity index (χ3v) is 7.12. The lowest BCUT2D eigenvalue weighted by Gasteiger charge is -2.11. The third-order valence-electron chi connectivity index (χ3n) is 5.43. The number of esters is 1. The standard InChI is InChI=1S/C28H23FO7S/c29-21-10-12-26(30)25(17-21)20-5-4-8-23(16-20)37(33,34)18-19-9-11-24(27(31)15-19)28(32)36-14-13-35-22-6-2-1-3-7-22/h1-12,15-17,30-31H,13-14,18H2. The van der Waals surface area contributed by atoms with Crippen molar-refractivity contribution in [2.24, 2.45) is 0 Å². The lowest BCUT2D eigenvalue weighted by molar-refractivity contribution is 0.0447. The first-order valence-electron chi connectivity index (χ1n) is 11.2. The molecule has 4 rings (SSSR count). The van der Waals surface area contributed by atoms with E-state index < -0.39 is 33.1 Å². The summed E-state index contributed by atoms with van der Waals surface area (Å²) in [6, 6.07) is 22.1. The van der Waals surface area contributed by atoms with E-state index in [0.717, 1.165) is 12.1 Å². The SMILES string of the molecule is O=C(OCCOc1ccccc1)c1ccc(CS(=O)(=O)c2cccc(-c3cc(F)ccc3O)c2)cc1O. The third kappa shape index (κ3) is 6.45. The first-order valence-corrected chi connectivity index (χ1v) is 12.9. The van der Waals surface area contributed by atoms with Crippen LogP contribution < -0.4 is 4.74 Å². The Morgan fingerprint density at radius 1 is 0.811 bits per heavy atom. The van der Waals surface area contributed by atoms with E-state index in [4.69, 9.17) is 9.47 Å². The van der Waals surface area contributed by atoms with Crippen molar-refractivity contribution in [3.63, 3.8) is 0 Å². The van der Waals surface area contributed by atoms with Crippen molar-refractivity contribution in [3.8, 4) is 28.4 Å². The van der Waals surface area contributed by atoms with Gasteiger partial charge in [-0.2, -0.15) is 0 Å². The number of aromatic hydroxyl groups is 2. The van der Waals surface area contributed by atoms with Crippen LogP contribution in [-0.2, 0) is 20.3 Å². The number of halogens is 1. The number of sulfone groups is 1. The molecule has 0 spiro atoms. The molecule has 0 aliphatic heterocycles. The van der Waals surface area contributed by atoms with Gasteiger partial charge in [0.1, 0.15) is 41.8 Å². The molecule has 0 aliphatic carbocycles. The highest BCUT2D eigenvalue weighted by Crippen LogP contribution is 2.32. The van der Waals surface area contributed by atoms with Crippen molar-refractivity contribution in [2.75, 3.05) is 13.2 Å². The van der Waals surface area contributed by atoms with Crippen LogP contribution in [0.2, 0.25) is 0 Å². The molecule has 190 valence electrons. The van der Waals surface area contributed by atoms with Crippen LogP contribution in [-0.4, -0.2) is 37.8 Å². The fourth-order valence-corrected chi connectivity index (χ4v) is 5.00. The topological polar surface area (TPSA) is 110 Å². The number of phenols is 2. The van der Waals surface area contributed by atoms with Gasteiger partial charge < -0.3 is 19.7 Å². The number of para-hydroxylation sites is 1. The maximum absolute atomic E-state index is 13.6. The lowest BCUT2D eigenvalue weighted by atomic mass is 10.0. The van der Waals surface area contributed by atoms with Crippen molar-refractivity contribution in [1.82, 2.24) is 0 Å². The van der Waals surface area contributed by atoms with Crippen LogP contribution in [0.15, 0.2) is 95.9 Å². The van der Waals surface area contributed by atoms with Crippen LogP contribution in [0.4, 0.5) is 4.39 Å². The van der Waals surface area contributed by atoms with Crippen LogP contribution in [0.5, 0.6) is 17.2 Å². The van der Waals surface area contributed by atoms with Gasteiger partial charge in [-0.25, -0.2) is 17.6 Å². The fourth-order valence-electron chi connectivity index (χ4n) is 3.63. The van der Waals surface area contributed by atoms with Gasteiger partial charge in [0.2, 0.25) is 0 Å². The molecule has 0 saturated carbocycles. The highest BCUT2D eigenvalue weighted by Gasteiger charge is 2.20. The maximum Gasteiger partial charge on any atom is 0.342 e. The van der Waals surface area contributed by atoms with Crippen LogP contribution in [0.3, 0.4) is 0 Å². The molecule has 0 heterocycles. The summed E-state index contributed by atoms with van der Waals surface area (Å²) in [5.41, 5.74) is 0.631. The van der Waals surface area contributed by atoms with Gasteiger partial charge in [0.05, 0.1) is 10.6 Å². The first kappa shape index (κ1) is 25.7. The Hall–Kier alpha value is -4.37. The fraction of sp³-hybridized carbons (Fsp3) is 0.107. The second-order valence-electron chi connectivity index (χ2n) is 8.10. The largest absolute Gasteiger partial charge is 0.507 e. The Kier molecular flexibility index (Phi) is 7.74. The van der Waals surface area contributed by atoms with Gasteiger partial charge in [0.15, 0.2) is 9.84 Å². The summed E-state index contributed by atoms with van der Waals surface area (Å²) in [6.45, 7) is 0.0831. The summed E-state index contributed by atoms with van der Waals surface area (Å²) in [5.74, 6) is -1.77. The van der Waals surface area contributed by atoms with Gasteiger partial charge in [0.25, 0.3) is 0 Å². The molecule has 0 aliphatic rings. The minimum Gasteiger partial charge on any atom is -0.507 e. The molecule has 4 aromatic rings. The van der Waals surface area contributed by atoms with E-state index in [0.29, 0.717) is 11.3 Å². The molecule has 0 bridgehead atoms. The minimum absolute atomic E-state index is 0.0412. The Labute approximate surface area is 213 Å². The number of phenolic OH excluding ortho intramolecular Hbond substituents is 2. The number of rotatable bonds is 9. The summed E-state index contributed by atoms with van der Waals surface area (Å²) in [7, 11) is -3.88. The molecule has 2 N–H and O–H groups in total. The number of hydrogen-bond acceptors (Lipinski definition) is 7. The van der Waals surface area contributed by atoms with Gasteiger partial charge in [0, 0.05) is 5.56 Å². The molecule has 0 atom stereocenters. The average Bonchev–Trinajstić information content (AvgIpc) is 2.88. The Morgan fingerprint density at radius 2 is 1.59 bits per heavy atom. The predicted octanol–water partition coefficient (Wildman–Crippen LogP) is 5.11. The molecular weight excluding hydrogens is 499 g/mol. The smallest absolute Gasteiger partial charge is 0.342 e. The molecule has 4 aromatic carbocycles. The molecule has 0 fully saturated rings. The zero-order chi connectivity index (χ0) is 26.4. The van der Waals surface area contributed by atoms with Crippen LogP contribution in [0.1, 0.15) is 15.9 Å². The van der Waals surface area contributed by atoms with Crippen molar-refractivity contribution < 1.29 is 37.3 Å². The van der Waals surface area contributed by atoms with E-state index in [9.17, 15) is 27.8 Å². The zero-order valence-corrected chi connectivity index (χ0v) is 20.3. The molecule has 0 aromatic heterocycles. The molecule has 0 amide bonds. The van der Waals surface area contributed by atoms with Gasteiger partial charge in [-0.15, -0.1) is 0 Å². The Morgan fingerprint density at radius 3 is 2.35 bits per heavy atom. The maximum atomic E-state index is 13.6. The van der Waals surface area contributed by atoms with E-state index in [1.807, 2.05) is 18.2 Å². The second kappa shape index (κ2) is 11.1. The van der Waals surface area contributed by atoms with Gasteiger partial charge in [-0.1, -0.05) is 36.4 Å². The Bertz CT molecular complexity index is 1520. The van der Waals surface area contributed by atoms with Crippen molar-refractivity contribution >= 4 is 15.8 Å². The second-order valence-corrected chi connectivity index (χ2v) is 10.1. The molecule has 0 radical (unpaired) electrons. The highest BCUT2D eigenvalue weighted by molar-refractivity contribution is 7.90. The summed E-state index contributed by atoms with van der Waals surface area (Å²) in [6.07, 6.45) is 0. The van der Waals surface area contributed by atoms with Gasteiger partial charge in [-0.05, 0) is 65.7 Å². The molecular formula is C28H23FO7S. The Balaban J connectivity index is 1.42. The molecule has 9 heteroatoms. The summed E-state index contributed by atoms with van der Waals surface area (Å²) < 4.78 is 50.3. The van der Waals surface area contributed by atoms with Crippen LogP contribution in [0.25, 0.3) is 11.1 Å². The van der Waals surface area contributed by atoms with E-state index in [1.165, 1.54) is 42.5 Å². The number of ether oxygens (including phenoxy) is 2. The van der Waals surface area contributed by atoms with Crippen LogP contribution >= 0.6 is 0 Å². The lowest BCUT2D eigenvalue weighted by Crippen LogP contribution is -2.13. The average molecular weight is 523 g/mol. The van der Waals surface area contributed by atoms with E-state index >= 15 is 0 Å². The minimum atomic E-state index is -3.88. The van der Waals surface area contributed by atoms with Crippen LogP contribution in [0, 0.1) is 5.82 Å². The van der Waals surface area contributed by atoms with E-state index in [-0.39, 0.29) is 40.5 Å². The first-order chi connectivity index (χ1) is 17.7. The zero-order valence-electron chi connectivity index (χ0n) is 19.5. The molecule has 37 heavy (non-hydrogen) atoms. The number of hydrogen-bond donors (Lipinski definition) is 2. The summed E-state index contributed by atoms with van der Waals surface area (Å²) >= 11 is 0. The van der Waals surface area contributed by atoms with Crippen molar-refractivity contribution in [2.45, 2.75) is 10.6 Å². The normalized spacial score (nSPS) is 11.2. The quantitative estimate of drug-likeness (QED) is 0.232. The van der Waals surface area contributed by atoms with E-state index in [1.54, 1.807) is 18.2 Å². The number of carbonyl (C=O) groups is 1. The van der Waals surface area contributed by atoms with Crippen molar-refractivity contribution in [1.29, 1.82) is 0 Å². The molecule has 0 saturated heterocycles. The monoisotopic (exact) mass is 522 g/mol. The summed E-state index contributed by atoms with van der Waals surface area (Å²) in [5, 5.41) is 20.4. The summed E-state index contributed by atoms with van der Waals surface area (Å²) in [4.78, 5) is 12.3. The highest BCUT2D eigenvalue weighted by atomic mass is 32.2. The van der Waals surface area contributed by atoms with Gasteiger partial charge in [-0.3, -0.25) is 0 Å². The van der Waals surface area contributed by atoms with E-state index in [2.05, 4.69) is 0 Å². The molecule has 0 unspecified atom stereocenters. The van der Waals surface area contributed by atoms with Gasteiger partial charge >= 0.3 is 5.97 Å². The number of carbonyl (C=O) groups excluding carboxylic acids is 1. The molecule has 7 nitrogen and oxygen atoms in total. The van der Waals surface area contributed by atoms with Crippen molar-refractivity contribution in [3.05, 3.63) is 108 Å². The predicted molar refractivity (Wildman–Crippen MR) is 135 cm³/mol. The number of benzene rings is 4.